The van der Waals surface area contributed by atoms with Gasteiger partial charge >= 0.3 is 5.69 Å². The van der Waals surface area contributed by atoms with Gasteiger partial charge in [-0.15, -0.1) is 0 Å². The van der Waals surface area contributed by atoms with E-state index in [9.17, 15) is 15.0 Å². The highest BCUT2D eigenvalue weighted by Gasteiger charge is 2.15. The summed E-state index contributed by atoms with van der Waals surface area (Å²) in [7, 11) is 0. The van der Waals surface area contributed by atoms with E-state index >= 15 is 0 Å². The minimum absolute atomic E-state index is 0.0139. The number of benzene rings is 4. The first-order valence-electron chi connectivity index (χ1n) is 10.5. The molecule has 0 radical (unpaired) electrons. The minimum atomic E-state index is -0.338. The molecule has 0 bridgehead atoms. The summed E-state index contributed by atoms with van der Waals surface area (Å²) in [6.07, 6.45) is 1.29. The van der Waals surface area contributed by atoms with Gasteiger partial charge < -0.3 is 15.2 Å². The summed E-state index contributed by atoms with van der Waals surface area (Å²) in [6.45, 7) is 0. The van der Waals surface area contributed by atoms with Crippen LogP contribution in [0.5, 0.6) is 11.5 Å². The van der Waals surface area contributed by atoms with Gasteiger partial charge in [-0.05, 0) is 53.3 Å². The van der Waals surface area contributed by atoms with Crippen LogP contribution in [0, 0.1) is 0 Å². The van der Waals surface area contributed by atoms with Crippen LogP contribution in [0.4, 0.5) is 0 Å². The van der Waals surface area contributed by atoms with Crippen LogP contribution < -0.4 is 5.69 Å². The maximum atomic E-state index is 12.5. The van der Waals surface area contributed by atoms with Crippen molar-refractivity contribution >= 4 is 11.0 Å². The molecule has 1 heterocycles. The van der Waals surface area contributed by atoms with Gasteiger partial charge in [0.15, 0.2) is 0 Å². The lowest BCUT2D eigenvalue weighted by atomic mass is 9.99. The second-order valence-electron chi connectivity index (χ2n) is 7.82. The highest BCUT2D eigenvalue weighted by atomic mass is 16.3. The Morgan fingerprint density at radius 1 is 0.719 bits per heavy atom. The SMILES string of the molecule is O=c1[nH]c2ccccc2n1-c1cc(CCc2ccc(-c3ccccc3)cc2)c(O)cc1O. The number of aromatic nitrogens is 2. The zero-order valence-corrected chi connectivity index (χ0v) is 17.3. The van der Waals surface area contributed by atoms with Gasteiger partial charge in [0.2, 0.25) is 0 Å². The van der Waals surface area contributed by atoms with Crippen LogP contribution in [0.3, 0.4) is 0 Å². The lowest BCUT2D eigenvalue weighted by Gasteiger charge is -2.12. The lowest BCUT2D eigenvalue weighted by Crippen LogP contribution is -2.15. The van der Waals surface area contributed by atoms with Crippen molar-refractivity contribution in [2.24, 2.45) is 0 Å². The summed E-state index contributed by atoms with van der Waals surface area (Å²) in [6, 6.07) is 28.9. The summed E-state index contributed by atoms with van der Waals surface area (Å²) in [4.78, 5) is 15.3. The second-order valence-corrected chi connectivity index (χ2v) is 7.82. The first kappa shape index (κ1) is 19.7. The van der Waals surface area contributed by atoms with E-state index in [1.165, 1.54) is 16.2 Å². The number of phenolic OH excluding ortho intramolecular Hbond substituents is 2. The molecule has 5 rings (SSSR count). The quantitative estimate of drug-likeness (QED) is 0.365. The monoisotopic (exact) mass is 422 g/mol. The highest BCUT2D eigenvalue weighted by Crippen LogP contribution is 2.32. The van der Waals surface area contributed by atoms with E-state index in [0.717, 1.165) is 17.5 Å². The molecule has 0 amide bonds. The van der Waals surface area contributed by atoms with E-state index in [0.29, 0.717) is 28.7 Å². The van der Waals surface area contributed by atoms with Crippen molar-refractivity contribution in [3.8, 4) is 28.3 Å². The zero-order valence-electron chi connectivity index (χ0n) is 17.3. The number of fused-ring (bicyclic) bond motifs is 1. The molecule has 32 heavy (non-hydrogen) atoms. The van der Waals surface area contributed by atoms with Crippen LogP contribution >= 0.6 is 0 Å². The standard InChI is InChI=1S/C27H22N2O3/c30-25-17-26(31)24(29-23-9-5-4-8-22(23)28-27(29)32)16-21(25)15-12-18-10-13-20(14-11-18)19-6-2-1-3-7-19/h1-11,13-14,16-17,30-31H,12,15H2,(H,28,32). The molecular formula is C27H22N2O3. The molecule has 0 spiro atoms. The van der Waals surface area contributed by atoms with Crippen LogP contribution in [0.1, 0.15) is 11.1 Å². The molecule has 3 N–H and O–H groups in total. The summed E-state index contributed by atoms with van der Waals surface area (Å²) in [5.74, 6) is -0.134. The average molecular weight is 422 g/mol. The molecule has 5 aromatic rings. The van der Waals surface area contributed by atoms with Crippen molar-refractivity contribution in [3.05, 3.63) is 113 Å². The molecule has 1 aromatic heterocycles. The summed E-state index contributed by atoms with van der Waals surface area (Å²) >= 11 is 0. The first-order chi connectivity index (χ1) is 15.6. The van der Waals surface area contributed by atoms with Gasteiger partial charge in [-0.25, -0.2) is 4.79 Å². The molecule has 0 unspecified atom stereocenters. The van der Waals surface area contributed by atoms with Crippen molar-refractivity contribution in [2.45, 2.75) is 12.8 Å². The van der Waals surface area contributed by atoms with Crippen molar-refractivity contribution in [1.29, 1.82) is 0 Å². The Labute approximate surface area is 184 Å². The predicted octanol–water partition coefficient (Wildman–Crippen LogP) is 5.18. The Hall–Kier alpha value is -4.25. The van der Waals surface area contributed by atoms with E-state index in [1.54, 1.807) is 6.07 Å². The Balaban J connectivity index is 1.42. The van der Waals surface area contributed by atoms with Gasteiger partial charge in [0.05, 0.1) is 16.7 Å². The number of phenols is 2. The van der Waals surface area contributed by atoms with Crippen LogP contribution in [-0.4, -0.2) is 19.8 Å². The fourth-order valence-corrected chi connectivity index (χ4v) is 4.06. The van der Waals surface area contributed by atoms with E-state index in [1.807, 2.05) is 42.5 Å². The molecule has 0 fully saturated rings. The van der Waals surface area contributed by atoms with E-state index in [4.69, 9.17) is 0 Å². The highest BCUT2D eigenvalue weighted by molar-refractivity contribution is 5.78. The summed E-state index contributed by atoms with van der Waals surface area (Å²) < 4.78 is 1.43. The first-order valence-corrected chi connectivity index (χ1v) is 10.5. The molecule has 158 valence electrons. The fourth-order valence-electron chi connectivity index (χ4n) is 4.06. The van der Waals surface area contributed by atoms with Crippen LogP contribution in [0.2, 0.25) is 0 Å². The predicted molar refractivity (Wildman–Crippen MR) is 127 cm³/mol. The number of rotatable bonds is 5. The van der Waals surface area contributed by atoms with Gasteiger partial charge in [0.25, 0.3) is 0 Å². The maximum absolute atomic E-state index is 12.5. The number of H-pyrrole nitrogens is 1. The smallest absolute Gasteiger partial charge is 0.331 e. The average Bonchev–Trinajstić information content (AvgIpc) is 3.15. The molecule has 4 aromatic carbocycles. The number of aromatic amines is 1. The van der Waals surface area contributed by atoms with Gasteiger partial charge in [0.1, 0.15) is 11.5 Å². The topological polar surface area (TPSA) is 78.2 Å². The Bertz CT molecular complexity index is 1450. The molecule has 0 saturated carbocycles. The number of aromatic hydroxyl groups is 2. The minimum Gasteiger partial charge on any atom is -0.508 e. The molecule has 0 saturated heterocycles. The number of imidazole rings is 1. The number of para-hydroxylation sites is 2. The number of aryl methyl sites for hydroxylation is 2. The molecule has 0 atom stereocenters. The maximum Gasteiger partial charge on any atom is 0.331 e. The van der Waals surface area contributed by atoms with Crippen molar-refractivity contribution in [1.82, 2.24) is 9.55 Å². The lowest BCUT2D eigenvalue weighted by molar-refractivity contribution is 0.444. The molecule has 0 aliphatic carbocycles. The van der Waals surface area contributed by atoms with Crippen LogP contribution in [0.25, 0.3) is 27.8 Å². The third-order valence-corrected chi connectivity index (χ3v) is 5.75. The summed E-state index contributed by atoms with van der Waals surface area (Å²) in [5, 5.41) is 20.9. The number of hydrogen-bond acceptors (Lipinski definition) is 3. The van der Waals surface area contributed by atoms with Crippen LogP contribution in [-0.2, 0) is 12.8 Å². The third kappa shape index (κ3) is 3.65. The van der Waals surface area contributed by atoms with Crippen molar-refractivity contribution in [2.75, 3.05) is 0 Å². The van der Waals surface area contributed by atoms with Gasteiger partial charge in [0, 0.05) is 6.07 Å². The third-order valence-electron chi connectivity index (χ3n) is 5.75. The molecule has 5 heteroatoms. The number of nitrogens with one attached hydrogen (secondary N) is 1. The molecular weight excluding hydrogens is 400 g/mol. The molecule has 0 aliphatic rings. The van der Waals surface area contributed by atoms with E-state index in [-0.39, 0.29) is 17.2 Å². The van der Waals surface area contributed by atoms with E-state index < -0.39 is 0 Å². The van der Waals surface area contributed by atoms with Gasteiger partial charge in [-0.3, -0.25) is 4.57 Å². The number of nitrogens with zero attached hydrogens (tertiary/aromatic N) is 1. The van der Waals surface area contributed by atoms with Gasteiger partial charge in [-0.1, -0.05) is 66.7 Å². The van der Waals surface area contributed by atoms with Crippen molar-refractivity contribution < 1.29 is 10.2 Å². The Morgan fingerprint density at radius 2 is 1.41 bits per heavy atom. The summed E-state index contributed by atoms with van der Waals surface area (Å²) in [5.41, 5.74) is 5.50. The fraction of sp³-hybridized carbons (Fsp3) is 0.0741. The van der Waals surface area contributed by atoms with E-state index in [2.05, 4.69) is 41.4 Å². The van der Waals surface area contributed by atoms with Crippen LogP contribution in [0.15, 0.2) is 95.8 Å². The molecule has 5 nitrogen and oxygen atoms in total. The van der Waals surface area contributed by atoms with Crippen molar-refractivity contribution in [3.63, 3.8) is 0 Å². The number of hydrogen-bond donors (Lipinski definition) is 3. The Morgan fingerprint density at radius 3 is 2.19 bits per heavy atom. The normalized spacial score (nSPS) is 11.1. The Kier molecular flexibility index (Phi) is 5.00. The second kappa shape index (κ2) is 8.12. The zero-order chi connectivity index (χ0) is 22.1. The largest absolute Gasteiger partial charge is 0.508 e. The molecule has 0 aliphatic heterocycles. The van der Waals surface area contributed by atoms with Gasteiger partial charge in [-0.2, -0.15) is 0 Å².